The van der Waals surface area contributed by atoms with Gasteiger partial charge in [-0.25, -0.2) is 0 Å². The van der Waals surface area contributed by atoms with Crippen molar-refractivity contribution >= 4 is 16.1 Å². The molecule has 134 valence electrons. The number of carbonyl (C=O) groups excluding carboxylic acids is 1. The summed E-state index contributed by atoms with van der Waals surface area (Å²) < 4.78 is 28.2. The van der Waals surface area contributed by atoms with Gasteiger partial charge in [-0.15, -0.1) is 0 Å². The minimum atomic E-state index is -3.31. The van der Waals surface area contributed by atoms with Gasteiger partial charge in [0.15, 0.2) is 0 Å². The third-order valence-electron chi connectivity index (χ3n) is 4.60. The molecular formula is C15H30N4O3S. The van der Waals surface area contributed by atoms with Crippen molar-refractivity contribution in [3.63, 3.8) is 0 Å². The lowest BCUT2D eigenvalue weighted by Gasteiger charge is -2.38. The molecule has 0 aromatic heterocycles. The zero-order chi connectivity index (χ0) is 17.0. The molecule has 2 aliphatic rings. The van der Waals surface area contributed by atoms with Crippen LogP contribution in [-0.4, -0.2) is 79.7 Å². The van der Waals surface area contributed by atoms with Crippen LogP contribution >= 0.6 is 0 Å². The van der Waals surface area contributed by atoms with Gasteiger partial charge in [0.2, 0.25) is 5.91 Å². The van der Waals surface area contributed by atoms with Crippen LogP contribution in [0.2, 0.25) is 0 Å². The monoisotopic (exact) mass is 346 g/mol. The molecule has 2 fully saturated rings. The normalized spacial score (nSPS) is 23.3. The molecule has 0 bridgehead atoms. The first-order chi connectivity index (χ1) is 10.8. The minimum Gasteiger partial charge on any atom is -0.354 e. The molecule has 0 aliphatic carbocycles. The van der Waals surface area contributed by atoms with Crippen molar-refractivity contribution in [2.75, 3.05) is 45.8 Å². The summed E-state index contributed by atoms with van der Waals surface area (Å²) in [6.45, 7) is 10.1. The van der Waals surface area contributed by atoms with Gasteiger partial charge in [0.25, 0.3) is 10.2 Å². The summed E-state index contributed by atoms with van der Waals surface area (Å²) in [4.78, 5) is 14.2. The molecular weight excluding hydrogens is 316 g/mol. The van der Waals surface area contributed by atoms with E-state index < -0.39 is 10.2 Å². The molecule has 0 aromatic carbocycles. The van der Waals surface area contributed by atoms with E-state index in [0.717, 1.165) is 12.8 Å². The van der Waals surface area contributed by atoms with Gasteiger partial charge in [0, 0.05) is 45.8 Å². The van der Waals surface area contributed by atoms with Crippen molar-refractivity contribution in [2.45, 2.75) is 39.7 Å². The number of nitrogens with zero attached hydrogens (tertiary/aromatic N) is 3. The van der Waals surface area contributed by atoms with Gasteiger partial charge in [0.05, 0.1) is 6.04 Å². The van der Waals surface area contributed by atoms with E-state index >= 15 is 0 Å². The zero-order valence-corrected chi connectivity index (χ0v) is 15.3. The molecule has 1 N–H and O–H groups in total. The Balaban J connectivity index is 1.84. The van der Waals surface area contributed by atoms with Crippen LogP contribution in [0.25, 0.3) is 0 Å². The molecule has 0 radical (unpaired) electrons. The van der Waals surface area contributed by atoms with E-state index in [0.29, 0.717) is 51.7 Å². The summed E-state index contributed by atoms with van der Waals surface area (Å²) in [6, 6.07) is -0.217. The number of amides is 1. The first-order valence-electron chi connectivity index (χ1n) is 8.59. The van der Waals surface area contributed by atoms with Crippen LogP contribution in [0.15, 0.2) is 0 Å². The van der Waals surface area contributed by atoms with Gasteiger partial charge in [-0.2, -0.15) is 17.0 Å². The van der Waals surface area contributed by atoms with Crippen LogP contribution in [0.3, 0.4) is 0 Å². The highest BCUT2D eigenvalue weighted by Crippen LogP contribution is 2.18. The Kier molecular flexibility index (Phi) is 6.41. The predicted molar refractivity (Wildman–Crippen MR) is 90.2 cm³/mol. The van der Waals surface area contributed by atoms with E-state index in [2.05, 4.69) is 24.1 Å². The Labute approximate surface area is 140 Å². The third kappa shape index (κ3) is 4.65. The van der Waals surface area contributed by atoms with Crippen LogP contribution in [0.5, 0.6) is 0 Å². The summed E-state index contributed by atoms with van der Waals surface area (Å²) in [5.41, 5.74) is 0. The molecule has 2 aliphatic heterocycles. The average Bonchev–Trinajstić information content (AvgIpc) is 3.07. The molecule has 7 nitrogen and oxygen atoms in total. The number of piperazine rings is 1. The standard InChI is InChI=1S/C15H30N4O3S/c1-13(2)12-16-15(20)14(3)17-8-10-19(11-9-17)23(21,22)18-6-4-5-7-18/h13-14H,4-12H2,1-3H3,(H,16,20)/t14-/m0/s1. The molecule has 1 amide bonds. The number of nitrogens with one attached hydrogen (secondary N) is 1. The second kappa shape index (κ2) is 7.92. The molecule has 0 spiro atoms. The molecule has 2 saturated heterocycles. The van der Waals surface area contributed by atoms with Crippen molar-refractivity contribution in [2.24, 2.45) is 5.92 Å². The van der Waals surface area contributed by atoms with Crippen molar-refractivity contribution in [3.8, 4) is 0 Å². The maximum Gasteiger partial charge on any atom is 0.282 e. The van der Waals surface area contributed by atoms with Crippen LogP contribution in [0.4, 0.5) is 0 Å². The first kappa shape index (κ1) is 18.6. The van der Waals surface area contributed by atoms with Gasteiger partial charge in [0.1, 0.15) is 0 Å². The lowest BCUT2D eigenvalue weighted by atomic mass is 10.2. The Bertz CT molecular complexity index is 495. The molecule has 2 rings (SSSR count). The van der Waals surface area contributed by atoms with Crippen molar-refractivity contribution in [3.05, 3.63) is 0 Å². The lowest BCUT2D eigenvalue weighted by Crippen LogP contribution is -2.56. The summed E-state index contributed by atoms with van der Waals surface area (Å²) in [7, 11) is -3.31. The fraction of sp³-hybridized carbons (Fsp3) is 0.933. The van der Waals surface area contributed by atoms with E-state index in [-0.39, 0.29) is 11.9 Å². The largest absolute Gasteiger partial charge is 0.354 e. The predicted octanol–water partition coefficient (Wildman–Crippen LogP) is 0.105. The van der Waals surface area contributed by atoms with Gasteiger partial charge >= 0.3 is 0 Å². The van der Waals surface area contributed by atoms with E-state index in [1.165, 1.54) is 0 Å². The van der Waals surface area contributed by atoms with Crippen molar-refractivity contribution in [1.29, 1.82) is 0 Å². The fourth-order valence-corrected chi connectivity index (χ4v) is 4.69. The Morgan fingerprint density at radius 3 is 2.00 bits per heavy atom. The second-order valence-corrected chi connectivity index (χ2v) is 8.79. The molecule has 0 unspecified atom stereocenters. The van der Waals surface area contributed by atoms with Gasteiger partial charge in [-0.1, -0.05) is 13.8 Å². The summed E-state index contributed by atoms with van der Waals surface area (Å²) in [5.74, 6) is 0.447. The Morgan fingerprint density at radius 1 is 0.957 bits per heavy atom. The van der Waals surface area contributed by atoms with Crippen LogP contribution in [0.1, 0.15) is 33.6 Å². The smallest absolute Gasteiger partial charge is 0.282 e. The number of rotatable bonds is 6. The van der Waals surface area contributed by atoms with Gasteiger partial charge < -0.3 is 5.32 Å². The van der Waals surface area contributed by atoms with Crippen LogP contribution in [0, 0.1) is 5.92 Å². The van der Waals surface area contributed by atoms with Crippen molar-refractivity contribution < 1.29 is 13.2 Å². The highest BCUT2D eigenvalue weighted by molar-refractivity contribution is 7.86. The van der Waals surface area contributed by atoms with Crippen LogP contribution in [-0.2, 0) is 15.0 Å². The fourth-order valence-electron chi connectivity index (χ4n) is 3.02. The molecule has 0 saturated carbocycles. The first-order valence-corrected chi connectivity index (χ1v) is 9.99. The zero-order valence-electron chi connectivity index (χ0n) is 14.5. The third-order valence-corrected chi connectivity index (χ3v) is 6.64. The number of hydrogen-bond donors (Lipinski definition) is 1. The molecule has 8 heteroatoms. The minimum absolute atomic E-state index is 0.0227. The number of carbonyl (C=O) groups is 1. The topological polar surface area (TPSA) is 73.0 Å². The summed E-state index contributed by atoms with van der Waals surface area (Å²) in [5, 5.41) is 2.94. The molecule has 23 heavy (non-hydrogen) atoms. The quantitative estimate of drug-likeness (QED) is 0.741. The van der Waals surface area contributed by atoms with Crippen molar-refractivity contribution in [1.82, 2.24) is 18.8 Å². The summed E-state index contributed by atoms with van der Waals surface area (Å²) >= 11 is 0. The maximum atomic E-state index is 12.5. The maximum absolute atomic E-state index is 12.5. The molecule has 0 aromatic rings. The average molecular weight is 346 g/mol. The lowest BCUT2D eigenvalue weighted by molar-refractivity contribution is -0.126. The van der Waals surface area contributed by atoms with E-state index in [9.17, 15) is 13.2 Å². The molecule has 2 heterocycles. The highest BCUT2D eigenvalue weighted by atomic mass is 32.2. The summed E-state index contributed by atoms with van der Waals surface area (Å²) in [6.07, 6.45) is 1.90. The Morgan fingerprint density at radius 2 is 1.48 bits per heavy atom. The van der Waals surface area contributed by atoms with E-state index in [4.69, 9.17) is 0 Å². The van der Waals surface area contributed by atoms with Crippen LogP contribution < -0.4 is 5.32 Å². The van der Waals surface area contributed by atoms with Gasteiger partial charge in [-0.05, 0) is 25.7 Å². The van der Waals surface area contributed by atoms with Gasteiger partial charge in [-0.3, -0.25) is 9.69 Å². The van der Waals surface area contributed by atoms with E-state index in [1.54, 1.807) is 8.61 Å². The highest BCUT2D eigenvalue weighted by Gasteiger charge is 2.35. The Hall–Kier alpha value is -0.700. The number of hydrogen-bond acceptors (Lipinski definition) is 4. The SMILES string of the molecule is CC(C)CNC(=O)[C@H](C)N1CCN(S(=O)(=O)N2CCCC2)CC1. The second-order valence-electron chi connectivity index (χ2n) is 6.86. The molecule has 1 atom stereocenters. The van der Waals surface area contributed by atoms with E-state index in [1.807, 2.05) is 6.92 Å².